The van der Waals surface area contributed by atoms with Crippen LogP contribution in [0.4, 0.5) is 0 Å². The summed E-state index contributed by atoms with van der Waals surface area (Å²) in [7, 11) is 0. The van der Waals surface area contributed by atoms with Crippen LogP contribution >= 0.6 is 0 Å². The normalized spacial score (nSPS) is 23.7. The van der Waals surface area contributed by atoms with Crippen molar-refractivity contribution in [1.82, 2.24) is 0 Å². The summed E-state index contributed by atoms with van der Waals surface area (Å²) >= 11 is 0. The predicted molar refractivity (Wildman–Crippen MR) is 52.8 cm³/mol. The van der Waals surface area contributed by atoms with E-state index in [2.05, 4.69) is 19.2 Å². The standard InChI is InChI=1S/C11H17N/c1-3-5-10-6-4-7-11(8-12)9(10)2/h5,11H,1,4,6-8,12H2,2H3. The molecule has 0 aromatic rings. The third kappa shape index (κ3) is 1.88. The Hall–Kier alpha value is -0.780. The molecule has 0 radical (unpaired) electrons. The molecule has 0 saturated carbocycles. The molecule has 0 heterocycles. The topological polar surface area (TPSA) is 26.0 Å². The van der Waals surface area contributed by atoms with Crippen molar-refractivity contribution in [3.05, 3.63) is 29.5 Å². The first-order valence-electron chi connectivity index (χ1n) is 4.55. The fourth-order valence-corrected chi connectivity index (χ4v) is 1.82. The summed E-state index contributed by atoms with van der Waals surface area (Å²) in [6, 6.07) is 0. The molecule has 1 atom stereocenters. The highest BCUT2D eigenvalue weighted by Gasteiger charge is 2.16. The number of nitrogens with two attached hydrogens (primary N) is 1. The Morgan fingerprint density at radius 2 is 2.50 bits per heavy atom. The summed E-state index contributed by atoms with van der Waals surface area (Å²) in [6.07, 6.45) is 5.67. The molecule has 0 aromatic heterocycles. The van der Waals surface area contributed by atoms with Gasteiger partial charge in [-0.2, -0.15) is 0 Å². The minimum absolute atomic E-state index is 0.596. The summed E-state index contributed by atoms with van der Waals surface area (Å²) in [6.45, 7) is 6.55. The van der Waals surface area contributed by atoms with Crippen LogP contribution in [0, 0.1) is 5.92 Å². The molecule has 12 heavy (non-hydrogen) atoms. The van der Waals surface area contributed by atoms with Crippen LogP contribution in [-0.4, -0.2) is 6.54 Å². The molecule has 0 amide bonds. The van der Waals surface area contributed by atoms with Gasteiger partial charge in [0.15, 0.2) is 0 Å². The molecule has 0 fully saturated rings. The third-order valence-corrected chi connectivity index (χ3v) is 2.68. The Bertz CT molecular complexity index is 231. The van der Waals surface area contributed by atoms with Gasteiger partial charge in [0.2, 0.25) is 0 Å². The fourth-order valence-electron chi connectivity index (χ4n) is 1.82. The van der Waals surface area contributed by atoms with Gasteiger partial charge in [-0.05, 0) is 50.3 Å². The molecule has 0 bridgehead atoms. The average molecular weight is 163 g/mol. The van der Waals surface area contributed by atoms with Crippen molar-refractivity contribution in [2.24, 2.45) is 11.7 Å². The summed E-state index contributed by atoms with van der Waals surface area (Å²) < 4.78 is 0. The van der Waals surface area contributed by atoms with Crippen LogP contribution < -0.4 is 5.73 Å². The van der Waals surface area contributed by atoms with E-state index in [1.807, 2.05) is 6.08 Å². The molecule has 1 aliphatic carbocycles. The number of rotatable bonds is 2. The van der Waals surface area contributed by atoms with Crippen LogP contribution in [0.15, 0.2) is 29.5 Å². The first-order valence-corrected chi connectivity index (χ1v) is 4.55. The van der Waals surface area contributed by atoms with E-state index in [-0.39, 0.29) is 0 Å². The Morgan fingerprint density at radius 3 is 3.08 bits per heavy atom. The zero-order valence-corrected chi connectivity index (χ0v) is 7.77. The van der Waals surface area contributed by atoms with Crippen LogP contribution in [0.25, 0.3) is 0 Å². The van der Waals surface area contributed by atoms with Gasteiger partial charge in [0.1, 0.15) is 0 Å². The van der Waals surface area contributed by atoms with Crippen LogP contribution in [0.3, 0.4) is 0 Å². The van der Waals surface area contributed by atoms with E-state index in [4.69, 9.17) is 5.73 Å². The predicted octanol–water partition coefficient (Wildman–Crippen LogP) is 2.40. The lowest BCUT2D eigenvalue weighted by Crippen LogP contribution is -2.19. The molecular formula is C11H17N. The maximum absolute atomic E-state index is 5.67. The second-order valence-corrected chi connectivity index (χ2v) is 3.38. The van der Waals surface area contributed by atoms with Crippen molar-refractivity contribution < 1.29 is 0 Å². The van der Waals surface area contributed by atoms with Crippen molar-refractivity contribution in [1.29, 1.82) is 0 Å². The van der Waals surface area contributed by atoms with Gasteiger partial charge in [-0.3, -0.25) is 0 Å². The SMILES string of the molecule is C=C=CC1=C(C)C(CN)CCC1. The van der Waals surface area contributed by atoms with Crippen molar-refractivity contribution in [3.63, 3.8) is 0 Å². The summed E-state index contributed by atoms with van der Waals surface area (Å²) in [5, 5.41) is 0. The second kappa shape index (κ2) is 4.30. The molecule has 0 saturated heterocycles. The summed E-state index contributed by atoms with van der Waals surface area (Å²) in [4.78, 5) is 0. The minimum atomic E-state index is 0.596. The Kier molecular flexibility index (Phi) is 3.33. The zero-order chi connectivity index (χ0) is 8.97. The molecule has 0 aromatic carbocycles. The van der Waals surface area contributed by atoms with Gasteiger partial charge in [0.05, 0.1) is 0 Å². The van der Waals surface area contributed by atoms with E-state index in [0.29, 0.717) is 5.92 Å². The first kappa shape index (κ1) is 9.31. The smallest absolute Gasteiger partial charge is 0.00114 e. The zero-order valence-electron chi connectivity index (χ0n) is 7.77. The van der Waals surface area contributed by atoms with E-state index in [1.165, 1.54) is 30.4 Å². The van der Waals surface area contributed by atoms with Gasteiger partial charge < -0.3 is 5.73 Å². The largest absolute Gasteiger partial charge is 0.330 e. The lowest BCUT2D eigenvalue weighted by molar-refractivity contribution is 0.511. The third-order valence-electron chi connectivity index (χ3n) is 2.68. The van der Waals surface area contributed by atoms with E-state index in [0.717, 1.165) is 6.54 Å². The minimum Gasteiger partial charge on any atom is -0.330 e. The Balaban J connectivity index is 2.86. The molecule has 1 rings (SSSR count). The van der Waals surface area contributed by atoms with Crippen molar-refractivity contribution in [2.45, 2.75) is 26.2 Å². The highest BCUT2D eigenvalue weighted by Crippen LogP contribution is 2.29. The first-order chi connectivity index (χ1) is 5.79. The van der Waals surface area contributed by atoms with Gasteiger partial charge in [0, 0.05) is 0 Å². The van der Waals surface area contributed by atoms with Gasteiger partial charge in [-0.25, -0.2) is 0 Å². The Morgan fingerprint density at radius 1 is 1.75 bits per heavy atom. The quantitative estimate of drug-likeness (QED) is 0.621. The Labute approximate surface area is 74.7 Å². The number of allylic oxidation sites excluding steroid dienone is 2. The van der Waals surface area contributed by atoms with Crippen molar-refractivity contribution >= 4 is 0 Å². The van der Waals surface area contributed by atoms with Crippen LogP contribution in [-0.2, 0) is 0 Å². The van der Waals surface area contributed by atoms with Crippen LogP contribution in [0.5, 0.6) is 0 Å². The highest BCUT2D eigenvalue weighted by atomic mass is 14.5. The monoisotopic (exact) mass is 163 g/mol. The van der Waals surface area contributed by atoms with Crippen molar-refractivity contribution in [2.75, 3.05) is 6.54 Å². The van der Waals surface area contributed by atoms with Gasteiger partial charge in [0.25, 0.3) is 0 Å². The highest BCUT2D eigenvalue weighted by molar-refractivity contribution is 5.27. The molecule has 1 aliphatic rings. The van der Waals surface area contributed by atoms with E-state index in [9.17, 15) is 0 Å². The van der Waals surface area contributed by atoms with E-state index < -0.39 is 0 Å². The van der Waals surface area contributed by atoms with Crippen molar-refractivity contribution in [3.8, 4) is 0 Å². The molecule has 1 heteroatoms. The lowest BCUT2D eigenvalue weighted by atomic mass is 9.83. The summed E-state index contributed by atoms with van der Waals surface area (Å²) in [5.41, 5.74) is 11.3. The molecule has 0 aliphatic heterocycles. The average Bonchev–Trinajstić information content (AvgIpc) is 2.09. The van der Waals surface area contributed by atoms with Gasteiger partial charge >= 0.3 is 0 Å². The van der Waals surface area contributed by atoms with Gasteiger partial charge in [-0.1, -0.05) is 12.2 Å². The van der Waals surface area contributed by atoms with E-state index in [1.54, 1.807) is 0 Å². The molecule has 66 valence electrons. The van der Waals surface area contributed by atoms with Crippen LogP contribution in [0.1, 0.15) is 26.2 Å². The number of hydrogen-bond acceptors (Lipinski definition) is 1. The number of hydrogen-bond donors (Lipinski definition) is 1. The molecular weight excluding hydrogens is 146 g/mol. The summed E-state index contributed by atoms with van der Waals surface area (Å²) in [5.74, 6) is 0.596. The maximum atomic E-state index is 5.67. The van der Waals surface area contributed by atoms with Crippen LogP contribution in [0.2, 0.25) is 0 Å². The molecule has 1 unspecified atom stereocenters. The van der Waals surface area contributed by atoms with Gasteiger partial charge in [-0.15, -0.1) is 5.73 Å². The molecule has 2 N–H and O–H groups in total. The maximum Gasteiger partial charge on any atom is -0.00114 e. The lowest BCUT2D eigenvalue weighted by Gasteiger charge is -2.23. The van der Waals surface area contributed by atoms with E-state index >= 15 is 0 Å². The molecule has 1 nitrogen and oxygen atoms in total. The fraction of sp³-hybridized carbons (Fsp3) is 0.545. The molecule has 0 spiro atoms. The second-order valence-electron chi connectivity index (χ2n) is 3.38.